The maximum absolute atomic E-state index is 12.5. The van der Waals surface area contributed by atoms with E-state index in [1.807, 2.05) is 25.1 Å². The van der Waals surface area contributed by atoms with Gasteiger partial charge in [0.2, 0.25) is 0 Å². The van der Waals surface area contributed by atoms with Gasteiger partial charge in [-0.3, -0.25) is 4.18 Å². The van der Waals surface area contributed by atoms with Gasteiger partial charge in [0, 0.05) is 0 Å². The molecule has 0 bridgehead atoms. The third-order valence-electron chi connectivity index (χ3n) is 4.08. The minimum absolute atomic E-state index is 0.288. The molecule has 0 saturated heterocycles. The van der Waals surface area contributed by atoms with Gasteiger partial charge in [0.15, 0.2) is 0 Å². The number of benzene rings is 1. The second-order valence-electron chi connectivity index (χ2n) is 6.21. The van der Waals surface area contributed by atoms with Crippen LogP contribution in [0.1, 0.15) is 76.3 Å². The standard InChI is InChI=1S/C19H32O3S/c1-4-6-8-9-10-11-16-22-23(20,21)19-17(3)13-12-15-18(19)14-7-5-2/h12-13,15H,4-11,14,16H2,1-3H3. The fourth-order valence-electron chi connectivity index (χ4n) is 2.75. The van der Waals surface area contributed by atoms with E-state index >= 15 is 0 Å². The number of unbranched alkanes of at least 4 members (excludes halogenated alkanes) is 6. The maximum Gasteiger partial charge on any atom is 0.297 e. The predicted octanol–water partition coefficient (Wildman–Crippen LogP) is 5.40. The van der Waals surface area contributed by atoms with Gasteiger partial charge in [0.1, 0.15) is 4.90 Å². The zero-order chi connectivity index (χ0) is 17.1. The van der Waals surface area contributed by atoms with E-state index in [9.17, 15) is 8.42 Å². The monoisotopic (exact) mass is 340 g/mol. The Balaban J connectivity index is 2.62. The van der Waals surface area contributed by atoms with Crippen molar-refractivity contribution in [1.29, 1.82) is 0 Å². The summed E-state index contributed by atoms with van der Waals surface area (Å²) in [5, 5.41) is 0. The molecule has 1 aromatic rings. The van der Waals surface area contributed by atoms with Crippen LogP contribution in [0.2, 0.25) is 0 Å². The molecule has 0 unspecified atom stereocenters. The Morgan fingerprint density at radius 2 is 1.57 bits per heavy atom. The molecule has 0 amide bonds. The normalized spacial score (nSPS) is 11.8. The quantitative estimate of drug-likeness (QED) is 0.378. The van der Waals surface area contributed by atoms with Gasteiger partial charge in [-0.15, -0.1) is 0 Å². The highest BCUT2D eigenvalue weighted by atomic mass is 32.2. The van der Waals surface area contributed by atoms with E-state index in [0.717, 1.165) is 49.7 Å². The van der Waals surface area contributed by atoms with Crippen molar-refractivity contribution in [2.75, 3.05) is 6.61 Å². The predicted molar refractivity (Wildman–Crippen MR) is 96.3 cm³/mol. The molecular formula is C19H32O3S. The molecule has 23 heavy (non-hydrogen) atoms. The zero-order valence-corrected chi connectivity index (χ0v) is 15.8. The molecule has 0 saturated carbocycles. The molecule has 0 N–H and O–H groups in total. The first-order valence-corrected chi connectivity index (χ1v) is 10.4. The van der Waals surface area contributed by atoms with Crippen molar-refractivity contribution in [3.8, 4) is 0 Å². The third kappa shape index (κ3) is 7.05. The second kappa shape index (κ2) is 10.8. The van der Waals surface area contributed by atoms with Gasteiger partial charge in [-0.05, 0) is 37.3 Å². The summed E-state index contributed by atoms with van der Waals surface area (Å²) in [6, 6.07) is 5.67. The van der Waals surface area contributed by atoms with Crippen LogP contribution in [0.4, 0.5) is 0 Å². The van der Waals surface area contributed by atoms with Crippen LogP contribution in [-0.2, 0) is 20.7 Å². The lowest BCUT2D eigenvalue weighted by Gasteiger charge is -2.13. The highest BCUT2D eigenvalue weighted by Gasteiger charge is 2.21. The van der Waals surface area contributed by atoms with Gasteiger partial charge >= 0.3 is 0 Å². The smallest absolute Gasteiger partial charge is 0.266 e. The molecule has 1 aromatic carbocycles. The molecule has 0 fully saturated rings. The molecule has 0 atom stereocenters. The van der Waals surface area contributed by atoms with Crippen molar-refractivity contribution in [2.45, 2.75) is 83.5 Å². The lowest BCUT2D eigenvalue weighted by Crippen LogP contribution is -2.12. The van der Waals surface area contributed by atoms with E-state index in [-0.39, 0.29) is 6.61 Å². The summed E-state index contributed by atoms with van der Waals surface area (Å²) in [5.41, 5.74) is 1.66. The molecule has 0 aliphatic carbocycles. The van der Waals surface area contributed by atoms with Crippen LogP contribution in [0.25, 0.3) is 0 Å². The van der Waals surface area contributed by atoms with Crippen molar-refractivity contribution in [2.24, 2.45) is 0 Å². The van der Waals surface area contributed by atoms with E-state index in [0.29, 0.717) is 4.90 Å². The summed E-state index contributed by atoms with van der Waals surface area (Å²) in [6.07, 6.45) is 9.51. The summed E-state index contributed by atoms with van der Waals surface area (Å²) in [6.45, 7) is 6.43. The summed E-state index contributed by atoms with van der Waals surface area (Å²) >= 11 is 0. The topological polar surface area (TPSA) is 43.4 Å². The molecule has 0 aliphatic heterocycles. The molecular weight excluding hydrogens is 308 g/mol. The number of hydrogen-bond donors (Lipinski definition) is 0. The largest absolute Gasteiger partial charge is 0.297 e. The van der Waals surface area contributed by atoms with Crippen molar-refractivity contribution in [3.63, 3.8) is 0 Å². The second-order valence-corrected chi connectivity index (χ2v) is 7.76. The first-order chi connectivity index (χ1) is 11.0. The minimum atomic E-state index is -3.65. The average molecular weight is 341 g/mol. The molecule has 132 valence electrons. The van der Waals surface area contributed by atoms with E-state index in [4.69, 9.17) is 4.18 Å². The number of hydrogen-bond acceptors (Lipinski definition) is 3. The molecule has 0 radical (unpaired) electrons. The first kappa shape index (κ1) is 20.2. The van der Waals surface area contributed by atoms with Crippen LogP contribution in [0.5, 0.6) is 0 Å². The minimum Gasteiger partial charge on any atom is -0.266 e. The van der Waals surface area contributed by atoms with E-state index in [1.165, 1.54) is 19.3 Å². The van der Waals surface area contributed by atoms with Gasteiger partial charge in [0.05, 0.1) is 6.61 Å². The molecule has 0 spiro atoms. The van der Waals surface area contributed by atoms with Gasteiger partial charge in [-0.2, -0.15) is 8.42 Å². The van der Waals surface area contributed by atoms with Gasteiger partial charge < -0.3 is 0 Å². The Hall–Kier alpha value is -0.870. The Kier molecular flexibility index (Phi) is 9.49. The first-order valence-electron chi connectivity index (χ1n) is 9.00. The highest BCUT2D eigenvalue weighted by Crippen LogP contribution is 2.24. The summed E-state index contributed by atoms with van der Waals surface area (Å²) < 4.78 is 30.4. The molecule has 0 aliphatic rings. The summed E-state index contributed by atoms with van der Waals surface area (Å²) in [5.74, 6) is 0. The van der Waals surface area contributed by atoms with E-state index in [1.54, 1.807) is 0 Å². The maximum atomic E-state index is 12.5. The van der Waals surface area contributed by atoms with Crippen molar-refractivity contribution < 1.29 is 12.6 Å². The fraction of sp³-hybridized carbons (Fsp3) is 0.684. The van der Waals surface area contributed by atoms with Crippen molar-refractivity contribution in [3.05, 3.63) is 29.3 Å². The fourth-order valence-corrected chi connectivity index (χ4v) is 4.15. The Morgan fingerprint density at radius 1 is 0.913 bits per heavy atom. The van der Waals surface area contributed by atoms with Gasteiger partial charge in [-0.1, -0.05) is 70.6 Å². The van der Waals surface area contributed by atoms with Crippen LogP contribution in [0.15, 0.2) is 23.1 Å². The third-order valence-corrected chi connectivity index (χ3v) is 5.64. The molecule has 0 heterocycles. The lowest BCUT2D eigenvalue weighted by molar-refractivity contribution is 0.305. The molecule has 3 nitrogen and oxygen atoms in total. The Labute approximate surface area is 142 Å². The lowest BCUT2D eigenvalue weighted by atomic mass is 10.1. The van der Waals surface area contributed by atoms with Crippen LogP contribution in [-0.4, -0.2) is 15.0 Å². The molecule has 1 rings (SSSR count). The number of rotatable bonds is 12. The summed E-state index contributed by atoms with van der Waals surface area (Å²) in [7, 11) is -3.65. The number of aryl methyl sites for hydroxylation is 2. The highest BCUT2D eigenvalue weighted by molar-refractivity contribution is 7.86. The SMILES string of the molecule is CCCCCCCCOS(=O)(=O)c1c(C)cccc1CCCC. The van der Waals surface area contributed by atoms with Crippen LogP contribution in [0.3, 0.4) is 0 Å². The van der Waals surface area contributed by atoms with Crippen LogP contribution < -0.4 is 0 Å². The van der Waals surface area contributed by atoms with E-state index in [2.05, 4.69) is 13.8 Å². The molecule has 4 heteroatoms. The Bertz CT molecular complexity index is 550. The molecule has 0 aromatic heterocycles. The van der Waals surface area contributed by atoms with Gasteiger partial charge in [-0.25, -0.2) is 0 Å². The summed E-state index contributed by atoms with van der Waals surface area (Å²) in [4.78, 5) is 0.388. The van der Waals surface area contributed by atoms with Crippen LogP contribution >= 0.6 is 0 Å². The Morgan fingerprint density at radius 3 is 2.26 bits per heavy atom. The average Bonchev–Trinajstić information content (AvgIpc) is 2.51. The van der Waals surface area contributed by atoms with Crippen molar-refractivity contribution >= 4 is 10.1 Å². The van der Waals surface area contributed by atoms with Crippen LogP contribution in [0, 0.1) is 6.92 Å². The zero-order valence-electron chi connectivity index (χ0n) is 14.9. The van der Waals surface area contributed by atoms with Crippen molar-refractivity contribution in [1.82, 2.24) is 0 Å². The van der Waals surface area contributed by atoms with Gasteiger partial charge in [0.25, 0.3) is 10.1 Å². The van der Waals surface area contributed by atoms with E-state index < -0.39 is 10.1 Å².